The topological polar surface area (TPSA) is 48.5 Å². The number of halogens is 1. The lowest BCUT2D eigenvalue weighted by atomic mass is 9.34. The number of hydrogen-bond donors (Lipinski definition) is 1. The van der Waals surface area contributed by atoms with Gasteiger partial charge in [0.05, 0.1) is 5.41 Å². The molecule has 1 aliphatic heterocycles. The minimum absolute atomic E-state index is 0.115. The maximum atomic E-state index is 12.6. The van der Waals surface area contributed by atoms with Gasteiger partial charge >= 0.3 is 0 Å². The lowest BCUT2D eigenvalue weighted by Gasteiger charge is -2.70. The zero-order valence-electron chi connectivity index (χ0n) is 13.5. The predicted molar refractivity (Wildman–Crippen MR) is 93.2 cm³/mol. The van der Waals surface area contributed by atoms with Crippen molar-refractivity contribution in [2.45, 2.75) is 19.3 Å². The molecule has 1 amide bonds. The largest absolute Gasteiger partial charge is 0.310 e. The first-order valence-electron chi connectivity index (χ1n) is 8.33. The first-order chi connectivity index (χ1) is 11.0. The number of rotatable bonds is 4. The molecule has 3 aliphatic carbocycles. The number of nitrogens with zero attached hydrogens (tertiary/aromatic N) is 3. The second kappa shape index (κ2) is 5.53. The van der Waals surface area contributed by atoms with Gasteiger partial charge in [-0.2, -0.15) is 0 Å². The first-order valence-corrected chi connectivity index (χ1v) is 9.12. The van der Waals surface area contributed by atoms with E-state index in [9.17, 15) is 4.79 Å². The highest BCUT2D eigenvalue weighted by molar-refractivity contribution is 9.10. The number of anilines is 1. The first kappa shape index (κ1) is 15.5. The Balaban J connectivity index is 1.30. The van der Waals surface area contributed by atoms with Crippen molar-refractivity contribution in [2.75, 3.05) is 45.1 Å². The van der Waals surface area contributed by atoms with Crippen molar-refractivity contribution >= 4 is 27.7 Å². The third-order valence-corrected chi connectivity index (χ3v) is 6.23. The van der Waals surface area contributed by atoms with Crippen LogP contribution in [0.2, 0.25) is 0 Å². The summed E-state index contributed by atoms with van der Waals surface area (Å²) in [7, 11) is 2.19. The van der Waals surface area contributed by atoms with Crippen molar-refractivity contribution in [1.82, 2.24) is 14.8 Å². The van der Waals surface area contributed by atoms with E-state index in [-0.39, 0.29) is 11.3 Å². The zero-order valence-corrected chi connectivity index (χ0v) is 15.1. The summed E-state index contributed by atoms with van der Waals surface area (Å²) >= 11 is 3.41. The molecule has 23 heavy (non-hydrogen) atoms. The summed E-state index contributed by atoms with van der Waals surface area (Å²) in [5.41, 5.74) is 0.300. The molecule has 0 spiro atoms. The highest BCUT2D eigenvalue weighted by Crippen LogP contribution is 2.73. The van der Waals surface area contributed by atoms with E-state index in [1.807, 2.05) is 12.1 Å². The number of carbonyl (C=O) groups excluding carboxylic acids is 1. The van der Waals surface area contributed by atoms with Crippen LogP contribution in [0.15, 0.2) is 22.8 Å². The van der Waals surface area contributed by atoms with Crippen molar-refractivity contribution in [1.29, 1.82) is 0 Å². The standard InChI is InChI=1S/C17H23BrN4O/c1-21-4-6-22(7-5-21)12-16-9-17(10-16,11-16)15(23)20-14-8-13(18)2-3-19-14/h2-3,8H,4-7,9-12H2,1H3,(H,19,20,23). The normalized spacial score (nSPS) is 33.7. The minimum atomic E-state index is -0.115. The van der Waals surface area contributed by atoms with E-state index in [1.165, 1.54) is 19.6 Å². The monoisotopic (exact) mass is 378 g/mol. The van der Waals surface area contributed by atoms with E-state index in [2.05, 4.69) is 43.1 Å². The van der Waals surface area contributed by atoms with Crippen molar-refractivity contribution in [2.24, 2.45) is 10.8 Å². The van der Waals surface area contributed by atoms with Crippen molar-refractivity contribution in [3.05, 3.63) is 22.8 Å². The highest BCUT2D eigenvalue weighted by Gasteiger charge is 2.71. The number of likely N-dealkylation sites (N-methyl/N-ethyl adjacent to an activating group) is 1. The van der Waals surface area contributed by atoms with Crippen molar-refractivity contribution in [3.8, 4) is 0 Å². The van der Waals surface area contributed by atoms with E-state index in [0.717, 1.165) is 36.8 Å². The molecule has 0 atom stereocenters. The number of hydrogen-bond acceptors (Lipinski definition) is 4. The van der Waals surface area contributed by atoms with Gasteiger partial charge in [-0.15, -0.1) is 0 Å². The molecule has 1 saturated heterocycles. The van der Waals surface area contributed by atoms with Crippen LogP contribution in [0.3, 0.4) is 0 Å². The number of piperazine rings is 1. The van der Waals surface area contributed by atoms with Crippen LogP contribution in [0.4, 0.5) is 5.82 Å². The fraction of sp³-hybridized carbons (Fsp3) is 0.647. The molecule has 0 aromatic carbocycles. The minimum Gasteiger partial charge on any atom is -0.310 e. The Hall–Kier alpha value is -0.980. The molecule has 1 aromatic heterocycles. The van der Waals surface area contributed by atoms with E-state index in [1.54, 1.807) is 6.20 Å². The quantitative estimate of drug-likeness (QED) is 0.872. The number of carbonyl (C=O) groups is 1. The van der Waals surface area contributed by atoms with Gasteiger partial charge in [0.25, 0.3) is 0 Å². The number of nitrogens with one attached hydrogen (secondary N) is 1. The second-order valence-electron chi connectivity index (χ2n) is 7.70. The SMILES string of the molecule is CN1CCN(CC23CC(C(=O)Nc4cc(Br)ccn4)(C2)C3)CC1. The smallest absolute Gasteiger partial charge is 0.231 e. The molecular weight excluding hydrogens is 356 g/mol. The Bertz CT molecular complexity index is 607. The Kier molecular flexibility index (Phi) is 3.74. The van der Waals surface area contributed by atoms with Gasteiger partial charge in [-0.3, -0.25) is 4.79 Å². The summed E-state index contributed by atoms with van der Waals surface area (Å²) in [6.07, 6.45) is 4.85. The summed E-state index contributed by atoms with van der Waals surface area (Å²) in [5, 5.41) is 2.99. The Morgan fingerprint density at radius 3 is 2.65 bits per heavy atom. The molecule has 6 heteroatoms. The molecule has 1 N–H and O–H groups in total. The summed E-state index contributed by atoms with van der Waals surface area (Å²) in [6, 6.07) is 3.71. The maximum absolute atomic E-state index is 12.6. The lowest BCUT2D eigenvalue weighted by Crippen LogP contribution is -2.70. The average molecular weight is 379 g/mol. The van der Waals surface area contributed by atoms with Gasteiger partial charge < -0.3 is 15.1 Å². The molecule has 4 aliphatic rings. The molecule has 1 aromatic rings. The molecule has 0 unspecified atom stereocenters. The van der Waals surface area contributed by atoms with E-state index >= 15 is 0 Å². The Morgan fingerprint density at radius 2 is 2.00 bits per heavy atom. The van der Waals surface area contributed by atoms with Gasteiger partial charge in [0, 0.05) is 43.4 Å². The second-order valence-corrected chi connectivity index (χ2v) is 8.62. The molecule has 0 radical (unpaired) electrons. The Morgan fingerprint density at radius 1 is 1.30 bits per heavy atom. The molecule has 2 heterocycles. The molecular formula is C17H23BrN4O. The van der Waals surface area contributed by atoms with Crippen LogP contribution in [0, 0.1) is 10.8 Å². The third-order valence-electron chi connectivity index (χ3n) is 5.74. The van der Waals surface area contributed by atoms with Crippen LogP contribution in [-0.4, -0.2) is 60.5 Å². The van der Waals surface area contributed by atoms with Crippen LogP contribution < -0.4 is 5.32 Å². The summed E-state index contributed by atoms with van der Waals surface area (Å²) in [4.78, 5) is 21.7. The summed E-state index contributed by atoms with van der Waals surface area (Å²) < 4.78 is 0.937. The van der Waals surface area contributed by atoms with Gasteiger partial charge in [0.2, 0.25) is 5.91 Å². The van der Waals surface area contributed by atoms with E-state index in [0.29, 0.717) is 11.2 Å². The van der Waals surface area contributed by atoms with Gasteiger partial charge in [0.15, 0.2) is 0 Å². The van der Waals surface area contributed by atoms with Gasteiger partial charge in [-0.05, 0) is 43.9 Å². The number of amides is 1. The van der Waals surface area contributed by atoms with Crippen LogP contribution in [-0.2, 0) is 4.79 Å². The van der Waals surface area contributed by atoms with E-state index < -0.39 is 0 Å². The molecule has 5 rings (SSSR count). The molecule has 124 valence electrons. The van der Waals surface area contributed by atoms with E-state index in [4.69, 9.17) is 0 Å². The maximum Gasteiger partial charge on any atom is 0.231 e. The molecule has 4 fully saturated rings. The summed E-state index contributed by atoms with van der Waals surface area (Å²) in [6.45, 7) is 5.83. The third kappa shape index (κ3) is 2.81. The van der Waals surface area contributed by atoms with Crippen LogP contribution >= 0.6 is 15.9 Å². The summed E-state index contributed by atoms with van der Waals surface area (Å²) in [5.74, 6) is 0.797. The molecule has 3 saturated carbocycles. The fourth-order valence-electron chi connectivity index (χ4n) is 4.61. The number of aromatic nitrogens is 1. The predicted octanol–water partition coefficient (Wildman–Crippen LogP) is 2.20. The Labute approximate surface area is 145 Å². The van der Waals surface area contributed by atoms with Crippen LogP contribution in [0.25, 0.3) is 0 Å². The lowest BCUT2D eigenvalue weighted by molar-refractivity contribution is -0.210. The zero-order chi connectivity index (χ0) is 16.1. The number of pyridine rings is 1. The molecule has 2 bridgehead atoms. The molecule has 5 nitrogen and oxygen atoms in total. The van der Waals surface area contributed by atoms with Crippen molar-refractivity contribution < 1.29 is 4.79 Å². The van der Waals surface area contributed by atoms with Crippen molar-refractivity contribution in [3.63, 3.8) is 0 Å². The van der Waals surface area contributed by atoms with Gasteiger partial charge in [0.1, 0.15) is 5.82 Å². The van der Waals surface area contributed by atoms with Crippen LogP contribution in [0.1, 0.15) is 19.3 Å². The van der Waals surface area contributed by atoms with Gasteiger partial charge in [-0.1, -0.05) is 15.9 Å². The van der Waals surface area contributed by atoms with Crippen LogP contribution in [0.5, 0.6) is 0 Å². The average Bonchev–Trinajstić information content (AvgIpc) is 2.43. The fourth-order valence-corrected chi connectivity index (χ4v) is 4.94. The highest BCUT2D eigenvalue weighted by atomic mass is 79.9. The van der Waals surface area contributed by atoms with Gasteiger partial charge in [-0.25, -0.2) is 4.98 Å².